The molecule has 0 amide bonds. The summed E-state index contributed by atoms with van der Waals surface area (Å²) < 4.78 is 125. The van der Waals surface area contributed by atoms with Crippen LogP contribution in [0.15, 0.2) is 345 Å². The van der Waals surface area contributed by atoms with Gasteiger partial charge in [0.25, 0.3) is 6.71 Å². The van der Waals surface area contributed by atoms with Crippen LogP contribution in [-0.2, 0) is 10.8 Å². The van der Waals surface area contributed by atoms with Crippen LogP contribution in [0.1, 0.15) is 66.4 Å². The third kappa shape index (κ3) is 8.39. The summed E-state index contributed by atoms with van der Waals surface area (Å²) in [6.45, 7) is 5.83. The number of benzene rings is 15. The van der Waals surface area contributed by atoms with E-state index in [0.717, 1.165) is 111 Å². The summed E-state index contributed by atoms with van der Waals surface area (Å²) in [4.78, 5) is 4.56. The molecular formula is C95H66BN3. The normalized spacial score (nSPS) is 15.3. The monoisotopic (exact) mass is 1270 g/mol. The second kappa shape index (κ2) is 21.9. The smallest absolute Gasteiger partial charge is 0.252 e. The molecule has 2 aliphatic carbocycles. The number of hydrogen-bond acceptors (Lipinski definition) is 2. The number of aromatic nitrogens is 1. The van der Waals surface area contributed by atoms with Gasteiger partial charge in [-0.1, -0.05) is 318 Å². The Morgan fingerprint density at radius 3 is 1.40 bits per heavy atom. The molecule has 464 valence electrons. The van der Waals surface area contributed by atoms with Crippen molar-refractivity contribution in [2.75, 3.05) is 9.80 Å². The Labute approximate surface area is 596 Å². The van der Waals surface area contributed by atoms with Gasteiger partial charge in [0.1, 0.15) is 0 Å². The zero-order valence-electron chi connectivity index (χ0n) is 67.3. The van der Waals surface area contributed by atoms with E-state index < -0.39 is 78.6 Å². The zero-order chi connectivity index (χ0) is 77.0. The van der Waals surface area contributed by atoms with Crippen molar-refractivity contribution in [2.24, 2.45) is 0 Å². The molecule has 0 atom stereocenters. The van der Waals surface area contributed by atoms with Crippen LogP contribution in [0.4, 0.5) is 34.1 Å². The highest BCUT2D eigenvalue weighted by Crippen LogP contribution is 2.65. The van der Waals surface area contributed by atoms with Gasteiger partial charge in [-0.25, -0.2) is 0 Å². The Hall–Kier alpha value is -12.2. The summed E-state index contributed by atoms with van der Waals surface area (Å²) in [6.07, 6.45) is 0. The predicted octanol–water partition coefficient (Wildman–Crippen LogP) is 22.8. The van der Waals surface area contributed by atoms with Crippen molar-refractivity contribution < 1.29 is 17.8 Å². The van der Waals surface area contributed by atoms with Crippen LogP contribution in [0.3, 0.4) is 0 Å². The maximum absolute atomic E-state index is 10.1. The maximum atomic E-state index is 10.1. The van der Waals surface area contributed by atoms with Crippen molar-refractivity contribution in [2.45, 2.75) is 31.6 Å². The Morgan fingerprint density at radius 2 is 0.808 bits per heavy atom. The molecule has 0 radical (unpaired) electrons. The number of hydrogen-bond donors (Lipinski definition) is 0. The van der Waals surface area contributed by atoms with Gasteiger partial charge in [0.15, 0.2) is 0 Å². The third-order valence-electron chi connectivity index (χ3n) is 21.1. The molecule has 0 bridgehead atoms. The standard InChI is InChI=1S/C95H66BN3/c1-94(2,3)67-52-55-86(78(58-67)64-34-14-7-15-35-64)98-88-57-66(69-41-26-44-77-74-38-18-23-47-81(74)95(91(69)77)79-45-21-16-36-72(79)73-37-17-22-46-80(73)95)50-53-82(88)96-83-56-65(61-28-8-4-9-29-61)51-54-87(83)99(93-70(62-30-10-5-11-31-62)42-27-43-71(93)63-32-12-6-13-33-63)90-60-68(59-89(98)92(90)96)97-84-48-24-19-39-75(84)76-40-20-25-49-85(76)97/h4-60H,1-3H3/i4D,8D,9D,19D,20D,24D,25D,28D,29D,39D,40D,48D,49D. The lowest BCUT2D eigenvalue weighted by Crippen LogP contribution is -2.61. The number of nitrogens with zero attached hydrogens (tertiary/aromatic N) is 3. The van der Waals surface area contributed by atoms with Gasteiger partial charge in [0.05, 0.1) is 51.3 Å². The summed E-state index contributed by atoms with van der Waals surface area (Å²) in [7, 11) is 0. The average molecular weight is 1270 g/mol. The molecule has 4 aliphatic rings. The van der Waals surface area contributed by atoms with Crippen molar-refractivity contribution >= 4 is 79.0 Å². The van der Waals surface area contributed by atoms with E-state index in [0.29, 0.717) is 28.3 Å². The van der Waals surface area contributed by atoms with E-state index in [1.165, 1.54) is 16.7 Å². The fourth-order valence-corrected chi connectivity index (χ4v) is 16.9. The Morgan fingerprint density at radius 1 is 0.323 bits per heavy atom. The van der Waals surface area contributed by atoms with Crippen LogP contribution in [-0.4, -0.2) is 11.3 Å². The van der Waals surface area contributed by atoms with Gasteiger partial charge >= 0.3 is 0 Å². The Balaban J connectivity index is 0.993. The van der Waals surface area contributed by atoms with Crippen LogP contribution < -0.4 is 26.2 Å². The van der Waals surface area contributed by atoms with E-state index in [-0.39, 0.29) is 44.9 Å². The fourth-order valence-electron chi connectivity index (χ4n) is 16.9. The van der Waals surface area contributed by atoms with Gasteiger partial charge in [0, 0.05) is 50.2 Å². The van der Waals surface area contributed by atoms with Gasteiger partial charge < -0.3 is 14.4 Å². The Bertz CT molecular complexity index is 6590. The molecular weight excluding hydrogens is 1190 g/mol. The van der Waals surface area contributed by atoms with E-state index >= 15 is 0 Å². The highest BCUT2D eigenvalue weighted by atomic mass is 15.2. The number of rotatable bonds is 8. The first kappa shape index (κ1) is 45.2. The van der Waals surface area contributed by atoms with Crippen molar-refractivity contribution in [3.05, 3.63) is 373 Å². The average Bonchev–Trinajstić information content (AvgIpc) is 1.42. The number of para-hydroxylation sites is 3. The zero-order valence-corrected chi connectivity index (χ0v) is 54.3. The first-order valence-corrected chi connectivity index (χ1v) is 33.7. The maximum Gasteiger partial charge on any atom is 0.252 e. The lowest BCUT2D eigenvalue weighted by molar-refractivity contribution is 0.590. The minimum Gasteiger partial charge on any atom is -0.311 e. The molecule has 15 aromatic carbocycles. The molecule has 0 saturated carbocycles. The SMILES string of the molecule is [2H]c1c([2H])c([2H])c(-c2ccc3c(c2)B2c4ccc(-c5cccc6c5C5(c7ccccc7-c7ccccc75)c5ccccc5-6)cc4N(c4ccc(C(C)(C)C)cc4-c4ccccc4)c4cc(-n5c6c([2H])c([2H])c([2H])c([2H])c6c6c([2H])c([2H])c([2H])c([2H])c65)cc(c42)N3c2c(-c3ccccc3)cccc2-c2ccccc2)c([2H])c1[2H]. The molecule has 99 heavy (non-hydrogen) atoms. The number of anilines is 6. The molecule has 20 rings (SSSR count). The summed E-state index contributed by atoms with van der Waals surface area (Å²) >= 11 is 0. The van der Waals surface area contributed by atoms with Gasteiger partial charge in [0.2, 0.25) is 0 Å². The molecule has 0 unspecified atom stereocenters. The first-order chi connectivity index (χ1) is 54.2. The number of fused-ring (bicyclic) bond motifs is 17. The lowest BCUT2D eigenvalue weighted by Gasteiger charge is -2.46. The van der Waals surface area contributed by atoms with Crippen LogP contribution in [0.25, 0.3) is 105 Å². The minimum atomic E-state index is -0.771. The minimum absolute atomic E-state index is 0.0271. The molecule has 0 N–H and O–H groups in total. The summed E-state index contributed by atoms with van der Waals surface area (Å²) in [5.74, 6) is 0. The second-order valence-corrected chi connectivity index (χ2v) is 27.2. The summed E-state index contributed by atoms with van der Waals surface area (Å²) in [5.41, 5.74) is 23.3. The molecule has 0 fully saturated rings. The molecule has 3 heterocycles. The van der Waals surface area contributed by atoms with Crippen LogP contribution in [0.2, 0.25) is 0 Å². The second-order valence-electron chi connectivity index (χ2n) is 27.2. The van der Waals surface area contributed by atoms with Crippen LogP contribution in [0.5, 0.6) is 0 Å². The van der Waals surface area contributed by atoms with E-state index in [4.69, 9.17) is 4.11 Å². The molecule has 1 spiro atoms. The molecule has 16 aromatic rings. The third-order valence-corrected chi connectivity index (χ3v) is 21.1. The van der Waals surface area contributed by atoms with E-state index in [2.05, 4.69) is 206 Å². The van der Waals surface area contributed by atoms with Gasteiger partial charge in [-0.2, -0.15) is 0 Å². The van der Waals surface area contributed by atoms with E-state index in [9.17, 15) is 13.7 Å². The quantitative estimate of drug-likeness (QED) is 0.141. The van der Waals surface area contributed by atoms with Gasteiger partial charge in [-0.15, -0.1) is 0 Å². The molecule has 3 nitrogen and oxygen atoms in total. The van der Waals surface area contributed by atoms with Crippen molar-refractivity contribution in [3.8, 4) is 83.6 Å². The predicted molar refractivity (Wildman–Crippen MR) is 417 cm³/mol. The Kier molecular flexibility index (Phi) is 10.0. The highest BCUT2D eigenvalue weighted by Gasteiger charge is 2.53. The highest BCUT2D eigenvalue weighted by molar-refractivity contribution is 7.00. The van der Waals surface area contributed by atoms with Crippen LogP contribution in [0, 0.1) is 0 Å². The lowest BCUT2D eigenvalue weighted by atomic mass is 9.33. The van der Waals surface area contributed by atoms with Crippen molar-refractivity contribution in [1.82, 2.24) is 4.57 Å². The molecule has 2 aliphatic heterocycles. The topological polar surface area (TPSA) is 11.4 Å². The van der Waals surface area contributed by atoms with Gasteiger partial charge in [-0.3, -0.25) is 0 Å². The van der Waals surface area contributed by atoms with Gasteiger partial charge in [-0.05, 0) is 159 Å². The largest absolute Gasteiger partial charge is 0.311 e. The first-order valence-electron chi connectivity index (χ1n) is 40.2. The van der Waals surface area contributed by atoms with E-state index in [1.54, 1.807) is 4.57 Å². The van der Waals surface area contributed by atoms with Crippen molar-refractivity contribution in [3.63, 3.8) is 0 Å². The fraction of sp³-hybridized carbons (Fsp3) is 0.0526. The van der Waals surface area contributed by atoms with Crippen molar-refractivity contribution in [1.29, 1.82) is 0 Å². The van der Waals surface area contributed by atoms with E-state index in [1.807, 2.05) is 91.0 Å². The molecule has 1 aromatic heterocycles. The van der Waals surface area contributed by atoms with Crippen LogP contribution >= 0.6 is 0 Å². The molecule has 0 saturated heterocycles. The summed E-state index contributed by atoms with van der Waals surface area (Å²) in [5, 5.41) is -0.140. The summed E-state index contributed by atoms with van der Waals surface area (Å²) in [6, 6.07) is 86.7. The molecule has 4 heteroatoms.